The van der Waals surface area contributed by atoms with E-state index in [1.807, 2.05) is 49.2 Å². The highest BCUT2D eigenvalue weighted by Crippen LogP contribution is 2.53. The van der Waals surface area contributed by atoms with Gasteiger partial charge in [0.2, 0.25) is 0 Å². The molecular formula is C21H27N3O3. The van der Waals surface area contributed by atoms with Gasteiger partial charge in [-0.3, -0.25) is 4.79 Å². The Morgan fingerprint density at radius 1 is 1.22 bits per heavy atom. The molecule has 6 heteroatoms. The van der Waals surface area contributed by atoms with Crippen molar-refractivity contribution in [1.82, 2.24) is 14.5 Å². The van der Waals surface area contributed by atoms with Gasteiger partial charge in [0.1, 0.15) is 0 Å². The number of nitrogens with zero attached hydrogens (tertiary/aromatic N) is 3. The first-order chi connectivity index (χ1) is 12.9. The first-order valence-electron chi connectivity index (χ1n) is 9.64. The van der Waals surface area contributed by atoms with Crippen LogP contribution < -0.4 is 0 Å². The number of hydrogen-bond donors (Lipinski definition) is 2. The zero-order valence-corrected chi connectivity index (χ0v) is 15.8. The maximum absolute atomic E-state index is 13.5. The summed E-state index contributed by atoms with van der Waals surface area (Å²) < 4.78 is 1.74. The van der Waals surface area contributed by atoms with Crippen molar-refractivity contribution in [1.29, 1.82) is 0 Å². The molecule has 144 valence electrons. The maximum Gasteiger partial charge on any atom is 0.290 e. The molecule has 2 aliphatic rings. The molecule has 2 fully saturated rings. The van der Waals surface area contributed by atoms with Crippen molar-refractivity contribution >= 4 is 5.91 Å². The second kappa shape index (κ2) is 6.77. The Kier molecular flexibility index (Phi) is 4.56. The molecule has 2 heterocycles. The lowest BCUT2D eigenvalue weighted by Crippen LogP contribution is -2.49. The Balaban J connectivity index is 1.81. The number of aliphatic hydroxyl groups is 2. The molecule has 1 aromatic heterocycles. The van der Waals surface area contributed by atoms with Crippen LogP contribution in [0, 0.1) is 5.41 Å². The van der Waals surface area contributed by atoms with E-state index in [1.165, 1.54) is 0 Å². The van der Waals surface area contributed by atoms with E-state index in [4.69, 9.17) is 0 Å². The number of hydrogen-bond acceptors (Lipinski definition) is 4. The number of aromatic nitrogens is 2. The van der Waals surface area contributed by atoms with Gasteiger partial charge in [0.15, 0.2) is 5.82 Å². The maximum atomic E-state index is 13.5. The van der Waals surface area contributed by atoms with Crippen molar-refractivity contribution in [2.75, 3.05) is 0 Å². The second-order valence-electron chi connectivity index (χ2n) is 8.17. The molecular weight excluding hydrogens is 342 g/mol. The number of imidazole rings is 1. The normalized spacial score (nSPS) is 33.6. The van der Waals surface area contributed by atoms with E-state index in [2.05, 4.69) is 4.98 Å². The third-order valence-electron chi connectivity index (χ3n) is 6.51. The SMILES string of the molecule is Cn1ccnc1C(=O)N1[C@@H](c2ccccc2)C[C@@]2(C)[C@@H](O)[C@@H](O)CCC[C@@H]12. The number of carbonyl (C=O) groups excluding carboxylic acids is 1. The van der Waals surface area contributed by atoms with Crippen molar-refractivity contribution in [3.8, 4) is 0 Å². The Morgan fingerprint density at radius 2 is 1.96 bits per heavy atom. The lowest BCUT2D eigenvalue weighted by molar-refractivity contribution is -0.0613. The summed E-state index contributed by atoms with van der Waals surface area (Å²) in [6, 6.07) is 9.68. The summed E-state index contributed by atoms with van der Waals surface area (Å²) in [5.41, 5.74) is 0.494. The van der Waals surface area contributed by atoms with Gasteiger partial charge in [0.25, 0.3) is 5.91 Å². The van der Waals surface area contributed by atoms with Crippen molar-refractivity contribution < 1.29 is 15.0 Å². The van der Waals surface area contributed by atoms with E-state index in [1.54, 1.807) is 17.0 Å². The molecule has 1 aliphatic heterocycles. The van der Waals surface area contributed by atoms with Gasteiger partial charge >= 0.3 is 0 Å². The van der Waals surface area contributed by atoms with Crippen LogP contribution in [-0.4, -0.2) is 48.8 Å². The molecule has 2 N–H and O–H groups in total. The van der Waals surface area contributed by atoms with Gasteiger partial charge in [-0.05, 0) is 31.2 Å². The molecule has 1 aromatic carbocycles. The molecule has 1 saturated carbocycles. The Labute approximate surface area is 159 Å². The zero-order chi connectivity index (χ0) is 19.2. The van der Waals surface area contributed by atoms with Crippen LogP contribution in [-0.2, 0) is 7.05 Å². The fraction of sp³-hybridized carbons (Fsp3) is 0.524. The van der Waals surface area contributed by atoms with Gasteiger partial charge in [-0.1, -0.05) is 37.3 Å². The topological polar surface area (TPSA) is 78.6 Å². The van der Waals surface area contributed by atoms with E-state index in [-0.39, 0.29) is 18.0 Å². The van der Waals surface area contributed by atoms with E-state index < -0.39 is 17.6 Å². The zero-order valence-electron chi connectivity index (χ0n) is 15.8. The van der Waals surface area contributed by atoms with Crippen molar-refractivity contribution in [2.45, 2.75) is 56.9 Å². The van der Waals surface area contributed by atoms with Gasteiger partial charge in [0, 0.05) is 30.9 Å². The van der Waals surface area contributed by atoms with Gasteiger partial charge in [0.05, 0.1) is 18.2 Å². The van der Waals surface area contributed by atoms with E-state index >= 15 is 0 Å². The number of amides is 1. The minimum Gasteiger partial charge on any atom is -0.390 e. The second-order valence-corrected chi connectivity index (χ2v) is 8.17. The first kappa shape index (κ1) is 18.2. The highest BCUT2D eigenvalue weighted by atomic mass is 16.3. The van der Waals surface area contributed by atoms with Crippen LogP contribution in [0.25, 0.3) is 0 Å². The molecule has 6 nitrogen and oxygen atoms in total. The highest BCUT2D eigenvalue weighted by Gasteiger charge is 2.57. The molecule has 27 heavy (non-hydrogen) atoms. The molecule has 0 unspecified atom stereocenters. The number of carbonyl (C=O) groups is 1. The minimum absolute atomic E-state index is 0.117. The molecule has 5 atom stereocenters. The molecule has 0 radical (unpaired) electrons. The lowest BCUT2D eigenvalue weighted by atomic mass is 9.74. The van der Waals surface area contributed by atoms with E-state index in [0.29, 0.717) is 18.7 Å². The van der Waals surface area contributed by atoms with E-state index in [9.17, 15) is 15.0 Å². The summed E-state index contributed by atoms with van der Waals surface area (Å²) in [6.07, 6.45) is 4.53. The number of benzene rings is 1. The third kappa shape index (κ3) is 2.87. The Bertz CT molecular complexity index is 821. The smallest absolute Gasteiger partial charge is 0.290 e. The number of aliphatic hydroxyl groups excluding tert-OH is 2. The molecule has 1 amide bonds. The highest BCUT2D eigenvalue weighted by molar-refractivity contribution is 5.91. The van der Waals surface area contributed by atoms with Crippen LogP contribution in [0.5, 0.6) is 0 Å². The first-order valence-corrected chi connectivity index (χ1v) is 9.64. The van der Waals surface area contributed by atoms with Crippen LogP contribution in [0.15, 0.2) is 42.7 Å². The minimum atomic E-state index is -0.851. The fourth-order valence-electron chi connectivity index (χ4n) is 5.01. The Hall–Kier alpha value is -2.18. The predicted octanol–water partition coefficient (Wildman–Crippen LogP) is 2.29. The summed E-state index contributed by atoms with van der Waals surface area (Å²) in [6.45, 7) is 2.01. The average molecular weight is 369 g/mol. The van der Waals surface area contributed by atoms with Crippen LogP contribution in [0.3, 0.4) is 0 Å². The average Bonchev–Trinajstić information content (AvgIpc) is 3.20. The van der Waals surface area contributed by atoms with Crippen LogP contribution >= 0.6 is 0 Å². The van der Waals surface area contributed by atoms with Crippen LogP contribution in [0.2, 0.25) is 0 Å². The lowest BCUT2D eigenvalue weighted by Gasteiger charge is -2.38. The Morgan fingerprint density at radius 3 is 2.63 bits per heavy atom. The van der Waals surface area contributed by atoms with Crippen molar-refractivity contribution in [3.63, 3.8) is 0 Å². The van der Waals surface area contributed by atoms with E-state index in [0.717, 1.165) is 18.4 Å². The van der Waals surface area contributed by atoms with Crippen LogP contribution in [0.1, 0.15) is 54.8 Å². The number of rotatable bonds is 2. The molecule has 4 rings (SSSR count). The number of likely N-dealkylation sites (tertiary alicyclic amines) is 1. The summed E-state index contributed by atoms with van der Waals surface area (Å²) in [4.78, 5) is 19.7. The largest absolute Gasteiger partial charge is 0.390 e. The van der Waals surface area contributed by atoms with Crippen molar-refractivity contribution in [3.05, 3.63) is 54.1 Å². The summed E-state index contributed by atoms with van der Waals surface area (Å²) in [5.74, 6) is 0.285. The van der Waals surface area contributed by atoms with Gasteiger partial charge in [-0.15, -0.1) is 0 Å². The molecule has 2 aromatic rings. The standard InChI is InChI=1S/C21H27N3O3/c1-21-13-15(14-7-4-3-5-8-14)24(20(27)19-22-11-12-23(19)2)17(21)10-6-9-16(25)18(21)26/h3-5,7-8,11-12,15-18,25-26H,6,9-10,13H2,1-2H3/t15-,16+,17-,18+,21-/m1/s1. The predicted molar refractivity (Wildman–Crippen MR) is 101 cm³/mol. The molecule has 0 bridgehead atoms. The van der Waals surface area contributed by atoms with Gasteiger partial charge in [-0.2, -0.15) is 0 Å². The summed E-state index contributed by atoms with van der Waals surface area (Å²) in [7, 11) is 1.82. The molecule has 1 aliphatic carbocycles. The molecule has 0 spiro atoms. The third-order valence-corrected chi connectivity index (χ3v) is 6.51. The van der Waals surface area contributed by atoms with Crippen molar-refractivity contribution in [2.24, 2.45) is 12.5 Å². The number of fused-ring (bicyclic) bond motifs is 1. The van der Waals surface area contributed by atoms with Gasteiger partial charge in [-0.25, -0.2) is 4.98 Å². The van der Waals surface area contributed by atoms with Crippen LogP contribution in [0.4, 0.5) is 0 Å². The summed E-state index contributed by atoms with van der Waals surface area (Å²) in [5, 5.41) is 21.3. The van der Waals surface area contributed by atoms with Gasteiger partial charge < -0.3 is 19.7 Å². The summed E-state index contributed by atoms with van der Waals surface area (Å²) >= 11 is 0. The molecule has 1 saturated heterocycles. The quantitative estimate of drug-likeness (QED) is 0.851. The fourth-order valence-corrected chi connectivity index (χ4v) is 5.01. The number of aryl methyl sites for hydroxylation is 1. The monoisotopic (exact) mass is 369 g/mol.